The lowest BCUT2D eigenvalue weighted by Crippen LogP contribution is -2.29. The minimum Gasteiger partial charge on any atom is -0.292 e. The minimum absolute atomic E-state index is 0.412. The third-order valence-electron chi connectivity index (χ3n) is 9.95. The molecule has 3 heterocycles. The van der Waals surface area contributed by atoms with Crippen LogP contribution in [-0.2, 0) is 5.41 Å². The summed E-state index contributed by atoms with van der Waals surface area (Å²) in [4.78, 5) is 9.51. The molecule has 0 saturated carbocycles. The van der Waals surface area contributed by atoms with Crippen LogP contribution in [0.3, 0.4) is 0 Å². The molecule has 5 aromatic carbocycles. The van der Waals surface area contributed by atoms with Gasteiger partial charge in [0.2, 0.25) is 0 Å². The van der Waals surface area contributed by atoms with Gasteiger partial charge in [0.1, 0.15) is 5.82 Å². The first kappa shape index (κ1) is 25.3. The molecule has 0 unspecified atom stereocenters. The number of benzene rings is 5. The Kier molecular flexibility index (Phi) is 5.20. The first-order valence-corrected chi connectivity index (χ1v) is 15.7. The fourth-order valence-corrected chi connectivity index (χ4v) is 8.08. The zero-order valence-electron chi connectivity index (χ0n) is 24.9. The second kappa shape index (κ2) is 9.47. The van der Waals surface area contributed by atoms with Gasteiger partial charge in [-0.15, -0.1) is 0 Å². The smallest absolute Gasteiger partial charge is 0.137 e. The Morgan fingerprint density at radius 1 is 0.457 bits per heavy atom. The zero-order valence-corrected chi connectivity index (χ0v) is 24.9. The van der Waals surface area contributed by atoms with E-state index in [0.717, 1.165) is 27.8 Å². The second-order valence-electron chi connectivity index (χ2n) is 12.2. The molecule has 3 aromatic heterocycles. The lowest BCUT2D eigenvalue weighted by molar-refractivity contribution is 0.766. The average molecular weight is 586 g/mol. The molecule has 1 spiro atoms. The van der Waals surface area contributed by atoms with Crippen LogP contribution in [0.25, 0.3) is 62.2 Å². The highest BCUT2D eigenvalue weighted by atomic mass is 15.1. The van der Waals surface area contributed by atoms with Gasteiger partial charge in [0.15, 0.2) is 0 Å². The molecule has 0 radical (unpaired) electrons. The highest BCUT2D eigenvalue weighted by Gasteiger charge is 2.48. The van der Waals surface area contributed by atoms with Gasteiger partial charge in [-0.2, -0.15) is 0 Å². The minimum atomic E-state index is -0.412. The van der Waals surface area contributed by atoms with Gasteiger partial charge in [0, 0.05) is 17.8 Å². The number of rotatable bonds is 2. The topological polar surface area (TPSA) is 30.7 Å². The monoisotopic (exact) mass is 585 g/mol. The molecule has 0 atom stereocenters. The molecule has 0 saturated heterocycles. The third kappa shape index (κ3) is 3.32. The quantitative estimate of drug-likeness (QED) is 0.202. The van der Waals surface area contributed by atoms with E-state index < -0.39 is 5.41 Å². The van der Waals surface area contributed by atoms with Crippen LogP contribution < -0.4 is 0 Å². The Labute approximate surface area is 266 Å². The number of hydrogen-bond donors (Lipinski definition) is 0. The Bertz CT molecular complexity index is 2490. The number of nitrogens with zero attached hydrogens (tertiary/aromatic N) is 3. The van der Waals surface area contributed by atoms with E-state index in [1.807, 2.05) is 36.7 Å². The summed E-state index contributed by atoms with van der Waals surface area (Å²) in [6, 6.07) is 50.8. The van der Waals surface area contributed by atoms with Crippen LogP contribution in [0.5, 0.6) is 0 Å². The molecule has 10 rings (SSSR count). The molecule has 214 valence electrons. The molecule has 0 amide bonds. The molecule has 8 aromatic rings. The average Bonchev–Trinajstić information content (AvgIpc) is 3.55. The van der Waals surface area contributed by atoms with Crippen molar-refractivity contribution in [1.29, 1.82) is 0 Å². The highest BCUT2D eigenvalue weighted by molar-refractivity contribution is 6.08. The summed E-state index contributed by atoms with van der Waals surface area (Å²) >= 11 is 0. The molecular weight excluding hydrogens is 558 g/mol. The molecule has 0 bridgehead atoms. The van der Waals surface area contributed by atoms with Crippen molar-refractivity contribution in [3.05, 3.63) is 185 Å². The zero-order chi connectivity index (χ0) is 30.2. The maximum absolute atomic E-state index is 4.83. The number of pyridine rings is 2. The van der Waals surface area contributed by atoms with E-state index in [2.05, 4.69) is 137 Å². The summed E-state index contributed by atoms with van der Waals surface area (Å²) in [5, 5.41) is 1.12. The maximum Gasteiger partial charge on any atom is 0.137 e. The van der Waals surface area contributed by atoms with Gasteiger partial charge in [-0.25, -0.2) is 4.98 Å². The van der Waals surface area contributed by atoms with Crippen LogP contribution >= 0.6 is 0 Å². The summed E-state index contributed by atoms with van der Waals surface area (Å²) in [5.41, 5.74) is 15.5. The van der Waals surface area contributed by atoms with Crippen LogP contribution in [0.1, 0.15) is 33.4 Å². The van der Waals surface area contributed by atoms with E-state index >= 15 is 0 Å². The Morgan fingerprint density at radius 3 is 1.89 bits per heavy atom. The van der Waals surface area contributed by atoms with Crippen molar-refractivity contribution in [1.82, 2.24) is 14.5 Å². The summed E-state index contributed by atoms with van der Waals surface area (Å²) < 4.78 is 2.21. The molecule has 46 heavy (non-hydrogen) atoms. The van der Waals surface area contributed by atoms with Crippen molar-refractivity contribution in [2.45, 2.75) is 5.41 Å². The van der Waals surface area contributed by atoms with Crippen LogP contribution in [0.15, 0.2) is 152 Å². The Morgan fingerprint density at radius 2 is 1.11 bits per heavy atom. The molecule has 3 heteroatoms. The summed E-state index contributed by atoms with van der Waals surface area (Å²) in [5.74, 6) is 0.890. The van der Waals surface area contributed by atoms with Gasteiger partial charge in [-0.05, 0) is 98.1 Å². The van der Waals surface area contributed by atoms with Gasteiger partial charge >= 0.3 is 0 Å². The first-order chi connectivity index (χ1) is 22.8. The fourth-order valence-electron chi connectivity index (χ4n) is 8.08. The summed E-state index contributed by atoms with van der Waals surface area (Å²) in [6.07, 6.45) is 8.28. The molecule has 0 N–H and O–H groups in total. The molecule has 0 fully saturated rings. The van der Waals surface area contributed by atoms with Gasteiger partial charge in [0.25, 0.3) is 0 Å². The van der Waals surface area contributed by atoms with E-state index in [1.165, 1.54) is 55.6 Å². The van der Waals surface area contributed by atoms with E-state index in [-0.39, 0.29) is 0 Å². The molecule has 2 aliphatic carbocycles. The first-order valence-electron chi connectivity index (χ1n) is 15.7. The van der Waals surface area contributed by atoms with Crippen molar-refractivity contribution in [2.24, 2.45) is 0 Å². The Balaban J connectivity index is 1.22. The summed E-state index contributed by atoms with van der Waals surface area (Å²) in [6.45, 7) is 0. The van der Waals surface area contributed by atoms with Crippen molar-refractivity contribution in [3.63, 3.8) is 0 Å². The third-order valence-corrected chi connectivity index (χ3v) is 9.95. The van der Waals surface area contributed by atoms with Crippen LogP contribution in [0, 0.1) is 0 Å². The largest absolute Gasteiger partial charge is 0.292 e. The van der Waals surface area contributed by atoms with Gasteiger partial charge in [-0.3, -0.25) is 9.55 Å². The van der Waals surface area contributed by atoms with E-state index in [1.54, 1.807) is 0 Å². The molecule has 2 aliphatic rings. The van der Waals surface area contributed by atoms with Crippen molar-refractivity contribution in [3.8, 4) is 28.1 Å². The lowest BCUT2D eigenvalue weighted by atomic mass is 9.66. The second-order valence-corrected chi connectivity index (χ2v) is 12.2. The van der Waals surface area contributed by atoms with Crippen LogP contribution in [0.4, 0.5) is 0 Å². The van der Waals surface area contributed by atoms with E-state index in [4.69, 9.17) is 4.98 Å². The van der Waals surface area contributed by atoms with Crippen LogP contribution in [0.2, 0.25) is 0 Å². The van der Waals surface area contributed by atoms with E-state index in [0.29, 0.717) is 0 Å². The number of fused-ring (bicyclic) bond motifs is 12. The lowest BCUT2D eigenvalue weighted by Gasteiger charge is -2.35. The SMILES string of the molecule is C1=Cc2ccccc2C2(c3ccccc31)c1ccccc1-c1cc(-c3ccc4c(c3)c3ncccc3n4-c3ccccn3)ccc12. The van der Waals surface area contributed by atoms with Crippen LogP contribution in [-0.4, -0.2) is 14.5 Å². The van der Waals surface area contributed by atoms with E-state index in [9.17, 15) is 0 Å². The Hall–Kier alpha value is -6.06. The van der Waals surface area contributed by atoms with Gasteiger partial charge in [0.05, 0.1) is 22.0 Å². The maximum atomic E-state index is 4.83. The molecule has 0 aliphatic heterocycles. The predicted molar refractivity (Wildman–Crippen MR) is 188 cm³/mol. The standard InChI is InChI=1S/C43H27N3/c1-4-13-35-28(10-1)18-19-29-11-2-5-14-36(29)43(35)37-15-6-3-12-32(37)33-26-30(20-22-38(33)43)31-21-23-39-34(27-31)42-40(16-9-25-45-42)46(39)41-17-7-8-24-44-41/h1-27H. The van der Waals surface area contributed by atoms with Crippen molar-refractivity contribution >= 4 is 34.1 Å². The van der Waals surface area contributed by atoms with Gasteiger partial charge < -0.3 is 0 Å². The fraction of sp³-hybridized carbons (Fsp3) is 0.0233. The number of hydrogen-bond acceptors (Lipinski definition) is 2. The molecule has 3 nitrogen and oxygen atoms in total. The van der Waals surface area contributed by atoms with Crippen molar-refractivity contribution in [2.75, 3.05) is 0 Å². The van der Waals surface area contributed by atoms with Crippen molar-refractivity contribution < 1.29 is 0 Å². The number of aromatic nitrogens is 3. The summed E-state index contributed by atoms with van der Waals surface area (Å²) in [7, 11) is 0. The predicted octanol–water partition coefficient (Wildman–Crippen LogP) is 10.1. The van der Waals surface area contributed by atoms with Gasteiger partial charge in [-0.1, -0.05) is 109 Å². The normalized spacial score (nSPS) is 13.7. The highest BCUT2D eigenvalue weighted by Crippen LogP contribution is 2.58. The molecular formula is C43H27N3.